The van der Waals surface area contributed by atoms with E-state index in [1.165, 1.54) is 0 Å². The van der Waals surface area contributed by atoms with Gasteiger partial charge in [-0.1, -0.05) is 13.8 Å². The zero-order valence-electron chi connectivity index (χ0n) is 10.0. The van der Waals surface area contributed by atoms with Gasteiger partial charge >= 0.3 is 0 Å². The highest BCUT2D eigenvalue weighted by Gasteiger charge is 2.43. The fourth-order valence-corrected chi connectivity index (χ4v) is 1.78. The van der Waals surface area contributed by atoms with Crippen LogP contribution in [-0.2, 0) is 4.79 Å². The number of nitrogens with one attached hydrogen (secondary N) is 1. The Balaban J connectivity index is 2.54. The molecule has 1 fully saturated rings. The number of aliphatic hydroxyl groups excluding tert-OH is 1. The third-order valence-electron chi connectivity index (χ3n) is 3.77. The van der Waals surface area contributed by atoms with Gasteiger partial charge in [0.25, 0.3) is 0 Å². The minimum Gasteiger partial charge on any atom is -0.396 e. The molecule has 1 saturated carbocycles. The predicted molar refractivity (Wildman–Crippen MR) is 60.4 cm³/mol. The fourth-order valence-electron chi connectivity index (χ4n) is 1.78. The highest BCUT2D eigenvalue weighted by atomic mass is 16.3. The van der Waals surface area contributed by atoms with Gasteiger partial charge in [0.2, 0.25) is 5.91 Å². The monoisotopic (exact) mass is 224 g/mol. The quantitative estimate of drug-likeness (QED) is 0.712. The lowest BCUT2D eigenvalue weighted by molar-refractivity contribution is -0.128. The minimum atomic E-state index is -0.897. The normalized spacial score (nSPS) is 17.6. The number of nitriles is 1. The molecule has 0 spiro atoms. The molecule has 1 rings (SSSR count). The average molecular weight is 224 g/mol. The molecule has 0 aromatic heterocycles. The van der Waals surface area contributed by atoms with Crippen molar-refractivity contribution in [3.05, 3.63) is 0 Å². The van der Waals surface area contributed by atoms with Crippen LogP contribution in [0.1, 0.15) is 39.5 Å². The van der Waals surface area contributed by atoms with Crippen LogP contribution in [0.2, 0.25) is 0 Å². The first kappa shape index (κ1) is 13.0. The van der Waals surface area contributed by atoms with Gasteiger partial charge in [0.1, 0.15) is 5.41 Å². The molecule has 0 radical (unpaired) electrons. The Morgan fingerprint density at radius 1 is 1.50 bits per heavy atom. The fraction of sp³-hybridized carbons (Fsp3) is 0.833. The Labute approximate surface area is 96.6 Å². The van der Waals surface area contributed by atoms with Gasteiger partial charge in [0.15, 0.2) is 0 Å². The van der Waals surface area contributed by atoms with E-state index in [1.807, 2.05) is 13.8 Å². The lowest BCUT2D eigenvalue weighted by atomic mass is 9.83. The zero-order chi connectivity index (χ0) is 12.2. The summed E-state index contributed by atoms with van der Waals surface area (Å²) in [6.07, 6.45) is 2.97. The number of amides is 1. The second kappa shape index (κ2) is 4.84. The summed E-state index contributed by atoms with van der Waals surface area (Å²) in [6, 6.07) is 2.11. The number of aliphatic hydroxyl groups is 1. The van der Waals surface area contributed by atoms with Crippen LogP contribution < -0.4 is 5.32 Å². The van der Waals surface area contributed by atoms with E-state index in [0.29, 0.717) is 19.4 Å². The maximum Gasteiger partial charge on any atom is 0.240 e. The molecule has 90 valence electrons. The van der Waals surface area contributed by atoms with Gasteiger partial charge in [-0.05, 0) is 25.7 Å². The Bertz CT molecular complexity index is 299. The van der Waals surface area contributed by atoms with Crippen LogP contribution in [0.15, 0.2) is 0 Å². The van der Waals surface area contributed by atoms with Gasteiger partial charge < -0.3 is 10.4 Å². The van der Waals surface area contributed by atoms with E-state index in [4.69, 9.17) is 10.4 Å². The topological polar surface area (TPSA) is 73.1 Å². The van der Waals surface area contributed by atoms with Crippen LogP contribution >= 0.6 is 0 Å². The number of hydrogen-bond donors (Lipinski definition) is 2. The molecular weight excluding hydrogens is 204 g/mol. The van der Waals surface area contributed by atoms with E-state index in [2.05, 4.69) is 11.4 Å². The van der Waals surface area contributed by atoms with Crippen LogP contribution in [0.25, 0.3) is 0 Å². The van der Waals surface area contributed by atoms with E-state index in [0.717, 1.165) is 12.8 Å². The molecule has 1 amide bonds. The highest BCUT2D eigenvalue weighted by molar-refractivity contribution is 5.85. The molecule has 4 nitrogen and oxygen atoms in total. The molecule has 0 saturated heterocycles. The molecule has 0 unspecified atom stereocenters. The third kappa shape index (κ3) is 2.35. The van der Waals surface area contributed by atoms with Gasteiger partial charge in [-0.3, -0.25) is 4.79 Å². The van der Waals surface area contributed by atoms with Crippen molar-refractivity contribution < 1.29 is 9.90 Å². The number of carbonyl (C=O) groups excluding carboxylic acids is 1. The lowest BCUT2D eigenvalue weighted by Gasteiger charge is -2.23. The second-order valence-corrected chi connectivity index (χ2v) is 4.74. The van der Waals surface area contributed by atoms with Crippen LogP contribution in [0.3, 0.4) is 0 Å². The first-order chi connectivity index (χ1) is 7.58. The maximum atomic E-state index is 11.9. The summed E-state index contributed by atoms with van der Waals surface area (Å²) in [5.41, 5.74) is -0.996. The molecule has 4 heteroatoms. The Hall–Kier alpha value is -1.08. The Kier molecular flexibility index (Phi) is 3.93. The zero-order valence-corrected chi connectivity index (χ0v) is 10.0. The van der Waals surface area contributed by atoms with Crippen molar-refractivity contribution >= 4 is 5.91 Å². The van der Waals surface area contributed by atoms with Crippen LogP contribution in [-0.4, -0.2) is 24.2 Å². The first-order valence-corrected chi connectivity index (χ1v) is 5.88. The smallest absolute Gasteiger partial charge is 0.240 e. The van der Waals surface area contributed by atoms with E-state index in [9.17, 15) is 4.79 Å². The average Bonchev–Trinajstić information content (AvgIpc) is 3.10. The summed E-state index contributed by atoms with van der Waals surface area (Å²) >= 11 is 0. The summed E-state index contributed by atoms with van der Waals surface area (Å²) in [7, 11) is 0. The van der Waals surface area contributed by atoms with Gasteiger partial charge in [0.05, 0.1) is 12.7 Å². The summed E-state index contributed by atoms with van der Waals surface area (Å²) < 4.78 is 0. The van der Waals surface area contributed by atoms with Crippen LogP contribution in [0.4, 0.5) is 0 Å². The molecule has 0 aromatic carbocycles. The van der Waals surface area contributed by atoms with Crippen molar-refractivity contribution in [3.8, 4) is 6.07 Å². The molecule has 1 aliphatic rings. The Morgan fingerprint density at radius 3 is 2.38 bits per heavy atom. The van der Waals surface area contributed by atoms with Crippen LogP contribution in [0, 0.1) is 22.2 Å². The molecule has 2 N–H and O–H groups in total. The van der Waals surface area contributed by atoms with Crippen molar-refractivity contribution in [2.24, 2.45) is 10.8 Å². The molecule has 0 heterocycles. The highest BCUT2D eigenvalue weighted by Crippen LogP contribution is 2.44. The summed E-state index contributed by atoms with van der Waals surface area (Å²) in [4.78, 5) is 11.9. The van der Waals surface area contributed by atoms with E-state index in [1.54, 1.807) is 0 Å². The van der Waals surface area contributed by atoms with Gasteiger partial charge in [-0.2, -0.15) is 5.26 Å². The molecule has 0 aliphatic heterocycles. The largest absolute Gasteiger partial charge is 0.396 e. The van der Waals surface area contributed by atoms with E-state index in [-0.39, 0.29) is 17.9 Å². The molecule has 1 aliphatic carbocycles. The molecule has 16 heavy (non-hydrogen) atoms. The molecular formula is C12H20N2O2. The molecule has 0 aromatic rings. The minimum absolute atomic E-state index is 0.0989. The van der Waals surface area contributed by atoms with Crippen molar-refractivity contribution in [1.82, 2.24) is 5.32 Å². The van der Waals surface area contributed by atoms with Crippen molar-refractivity contribution in [3.63, 3.8) is 0 Å². The maximum absolute atomic E-state index is 11.9. The van der Waals surface area contributed by atoms with Crippen molar-refractivity contribution in [2.45, 2.75) is 39.5 Å². The number of hydrogen-bond acceptors (Lipinski definition) is 3. The molecule has 0 atom stereocenters. The summed E-state index contributed by atoms with van der Waals surface area (Å²) in [5.74, 6) is -0.195. The van der Waals surface area contributed by atoms with E-state index >= 15 is 0 Å². The number of rotatable bonds is 6. The van der Waals surface area contributed by atoms with Crippen molar-refractivity contribution in [1.29, 1.82) is 5.26 Å². The Morgan fingerprint density at radius 2 is 2.06 bits per heavy atom. The second-order valence-electron chi connectivity index (χ2n) is 4.74. The van der Waals surface area contributed by atoms with E-state index < -0.39 is 5.41 Å². The lowest BCUT2D eigenvalue weighted by Crippen LogP contribution is -2.42. The van der Waals surface area contributed by atoms with Gasteiger partial charge in [-0.25, -0.2) is 0 Å². The van der Waals surface area contributed by atoms with Gasteiger partial charge in [0, 0.05) is 12.0 Å². The van der Waals surface area contributed by atoms with Gasteiger partial charge in [-0.15, -0.1) is 0 Å². The van der Waals surface area contributed by atoms with Crippen molar-refractivity contribution in [2.75, 3.05) is 13.2 Å². The molecule has 0 bridgehead atoms. The third-order valence-corrected chi connectivity index (χ3v) is 3.77. The number of carbonyl (C=O) groups is 1. The summed E-state index contributed by atoms with van der Waals surface area (Å²) in [5, 5.41) is 21.0. The van der Waals surface area contributed by atoms with Crippen LogP contribution in [0.5, 0.6) is 0 Å². The SMILES string of the molecule is CCC(C#N)(CC)C(=O)NCC1(CO)CC1. The predicted octanol–water partition coefficient (Wildman–Crippen LogP) is 1.21. The summed E-state index contributed by atoms with van der Waals surface area (Å²) in [6.45, 7) is 4.31. The number of nitrogens with zero attached hydrogens (tertiary/aromatic N) is 1. The standard InChI is InChI=1S/C12H20N2O2/c1-3-12(4-2,7-13)10(16)14-8-11(9-15)5-6-11/h15H,3-6,8-9H2,1-2H3,(H,14,16). The first-order valence-electron chi connectivity index (χ1n) is 5.88.